The maximum Gasteiger partial charge on any atom is 0.492 e. The van der Waals surface area contributed by atoms with Crippen LogP contribution in [0.4, 0.5) is 0 Å². The van der Waals surface area contributed by atoms with Crippen molar-refractivity contribution in [3.05, 3.63) is 11.5 Å². The largest absolute Gasteiger partial charge is 0.492 e. The van der Waals surface area contributed by atoms with E-state index in [1.807, 2.05) is 0 Å². The van der Waals surface area contributed by atoms with Crippen molar-refractivity contribution >= 4 is 7.12 Å². The monoisotopic (exact) mass is 223 g/mol. The van der Waals surface area contributed by atoms with Gasteiger partial charge in [0.05, 0.1) is 11.2 Å². The Morgan fingerprint density at radius 1 is 1.06 bits per heavy atom. The molecule has 0 saturated carbocycles. The predicted octanol–water partition coefficient (Wildman–Crippen LogP) is 1.93. The number of rotatable bonds is 1. The first kappa shape index (κ1) is 12.2. The summed E-state index contributed by atoms with van der Waals surface area (Å²) in [5, 5.41) is 3.42. The Balaban J connectivity index is 2.22. The summed E-state index contributed by atoms with van der Waals surface area (Å²) in [6.07, 6.45) is 2.18. The summed E-state index contributed by atoms with van der Waals surface area (Å²) in [6.45, 7) is 13.6. The molecule has 1 saturated heterocycles. The van der Waals surface area contributed by atoms with Gasteiger partial charge in [-0.1, -0.05) is 6.08 Å². The van der Waals surface area contributed by atoms with Crippen LogP contribution in [-0.2, 0) is 9.31 Å². The van der Waals surface area contributed by atoms with Crippen LogP contribution in [0.2, 0.25) is 0 Å². The van der Waals surface area contributed by atoms with Gasteiger partial charge in [0.1, 0.15) is 0 Å². The Morgan fingerprint density at radius 2 is 1.56 bits per heavy atom. The van der Waals surface area contributed by atoms with Crippen molar-refractivity contribution in [2.45, 2.75) is 58.3 Å². The Labute approximate surface area is 98.7 Å². The zero-order chi connectivity index (χ0) is 12.2. The van der Waals surface area contributed by atoms with Crippen LogP contribution in [0.15, 0.2) is 11.5 Å². The van der Waals surface area contributed by atoms with Gasteiger partial charge in [0.15, 0.2) is 0 Å². The second-order valence-electron chi connectivity index (χ2n) is 6.25. The Morgan fingerprint density at radius 3 is 1.94 bits per heavy atom. The van der Waals surface area contributed by atoms with Crippen molar-refractivity contribution < 1.29 is 9.31 Å². The normalized spacial score (nSPS) is 30.6. The molecule has 16 heavy (non-hydrogen) atoms. The number of hydrogen-bond acceptors (Lipinski definition) is 3. The molecule has 2 aliphatic rings. The molecule has 2 aliphatic heterocycles. The minimum atomic E-state index is -0.253. The van der Waals surface area contributed by atoms with Crippen molar-refractivity contribution in [3.63, 3.8) is 0 Å². The van der Waals surface area contributed by atoms with Gasteiger partial charge < -0.3 is 14.6 Å². The third-order valence-electron chi connectivity index (χ3n) is 4.09. The predicted molar refractivity (Wildman–Crippen MR) is 66.2 cm³/mol. The van der Waals surface area contributed by atoms with Crippen LogP contribution in [0, 0.1) is 0 Å². The van der Waals surface area contributed by atoms with Gasteiger partial charge >= 0.3 is 7.12 Å². The van der Waals surface area contributed by atoms with Crippen LogP contribution < -0.4 is 5.32 Å². The third kappa shape index (κ3) is 1.73. The van der Waals surface area contributed by atoms with Crippen LogP contribution in [0.3, 0.4) is 0 Å². The summed E-state index contributed by atoms with van der Waals surface area (Å²) in [5.74, 6) is 0. The van der Waals surface area contributed by atoms with Gasteiger partial charge in [-0.15, -0.1) is 0 Å². The number of hydrogen-bond donors (Lipinski definition) is 1. The Bertz CT molecular complexity index is 318. The molecule has 0 bridgehead atoms. The van der Waals surface area contributed by atoms with Crippen molar-refractivity contribution in [1.29, 1.82) is 0 Å². The Hall–Kier alpha value is -0.315. The van der Waals surface area contributed by atoms with Gasteiger partial charge in [0.2, 0.25) is 0 Å². The van der Waals surface area contributed by atoms with E-state index in [9.17, 15) is 0 Å². The van der Waals surface area contributed by atoms with Crippen LogP contribution in [0.25, 0.3) is 0 Å². The van der Waals surface area contributed by atoms with Crippen molar-refractivity contribution in [2.75, 3.05) is 6.54 Å². The van der Waals surface area contributed by atoms with Gasteiger partial charge in [0.25, 0.3) is 0 Å². The van der Waals surface area contributed by atoms with Gasteiger partial charge in [-0.25, -0.2) is 0 Å². The molecule has 0 spiro atoms. The lowest BCUT2D eigenvalue weighted by atomic mass is 9.69. The van der Waals surface area contributed by atoms with Gasteiger partial charge in [0, 0.05) is 12.1 Å². The molecule has 1 N–H and O–H groups in total. The molecular formula is C12H22BNO2. The van der Waals surface area contributed by atoms with Crippen molar-refractivity contribution in [2.24, 2.45) is 0 Å². The fourth-order valence-electron chi connectivity index (χ4n) is 2.13. The highest BCUT2D eigenvalue weighted by Crippen LogP contribution is 2.40. The van der Waals surface area contributed by atoms with E-state index in [2.05, 4.69) is 52.9 Å². The second-order valence-corrected chi connectivity index (χ2v) is 6.25. The number of nitrogens with one attached hydrogen (secondary N) is 1. The van der Waals surface area contributed by atoms with E-state index in [-0.39, 0.29) is 23.9 Å². The maximum absolute atomic E-state index is 6.05. The van der Waals surface area contributed by atoms with E-state index in [1.54, 1.807) is 0 Å². The van der Waals surface area contributed by atoms with Crippen LogP contribution in [0.1, 0.15) is 41.5 Å². The minimum absolute atomic E-state index is 0.0266. The zero-order valence-electron chi connectivity index (χ0n) is 11.2. The lowest BCUT2D eigenvalue weighted by molar-refractivity contribution is 0.00578. The summed E-state index contributed by atoms with van der Waals surface area (Å²) in [6, 6.07) is 0. The molecule has 4 heteroatoms. The first-order chi connectivity index (χ1) is 7.16. The molecule has 0 aromatic rings. The topological polar surface area (TPSA) is 30.5 Å². The Kier molecular flexibility index (Phi) is 2.54. The molecule has 90 valence electrons. The lowest BCUT2D eigenvalue weighted by Crippen LogP contribution is -2.42. The van der Waals surface area contributed by atoms with Crippen molar-refractivity contribution in [1.82, 2.24) is 5.32 Å². The van der Waals surface area contributed by atoms with E-state index in [0.29, 0.717) is 0 Å². The van der Waals surface area contributed by atoms with E-state index in [4.69, 9.17) is 9.31 Å². The lowest BCUT2D eigenvalue weighted by Gasteiger charge is -2.32. The fraction of sp³-hybridized carbons (Fsp3) is 0.833. The minimum Gasteiger partial charge on any atom is -0.400 e. The quantitative estimate of drug-likeness (QED) is 0.689. The highest BCUT2D eigenvalue weighted by molar-refractivity contribution is 6.55. The van der Waals surface area contributed by atoms with Gasteiger partial charge in [-0.2, -0.15) is 0 Å². The fourth-order valence-corrected chi connectivity index (χ4v) is 2.13. The summed E-state index contributed by atoms with van der Waals surface area (Å²) >= 11 is 0. The van der Waals surface area contributed by atoms with Crippen LogP contribution >= 0.6 is 0 Å². The molecule has 0 radical (unpaired) electrons. The summed E-state index contributed by atoms with van der Waals surface area (Å²) in [5.41, 5.74) is 0.682. The molecule has 2 rings (SSSR count). The molecule has 0 aliphatic carbocycles. The van der Waals surface area contributed by atoms with Crippen LogP contribution in [0.5, 0.6) is 0 Å². The molecular weight excluding hydrogens is 201 g/mol. The van der Waals surface area contributed by atoms with E-state index < -0.39 is 0 Å². The zero-order valence-corrected chi connectivity index (χ0v) is 11.2. The summed E-state index contributed by atoms with van der Waals surface area (Å²) in [7, 11) is -0.213. The smallest absolute Gasteiger partial charge is 0.400 e. The van der Waals surface area contributed by atoms with E-state index in [0.717, 1.165) is 6.54 Å². The molecule has 0 aromatic carbocycles. The molecule has 2 heterocycles. The second kappa shape index (κ2) is 3.34. The summed E-state index contributed by atoms with van der Waals surface area (Å²) in [4.78, 5) is 0. The SMILES string of the molecule is CC1(C)NCC=C1B1OC(C)(C)C(C)(C)O1. The summed E-state index contributed by atoms with van der Waals surface area (Å²) < 4.78 is 12.1. The van der Waals surface area contributed by atoms with Gasteiger partial charge in [-0.3, -0.25) is 0 Å². The van der Waals surface area contributed by atoms with E-state index >= 15 is 0 Å². The molecule has 0 unspecified atom stereocenters. The first-order valence-corrected chi connectivity index (χ1v) is 5.97. The highest BCUT2D eigenvalue weighted by atomic mass is 16.7. The average Bonchev–Trinajstić information content (AvgIpc) is 2.50. The highest BCUT2D eigenvalue weighted by Gasteiger charge is 2.54. The third-order valence-corrected chi connectivity index (χ3v) is 4.09. The molecule has 1 fully saturated rings. The molecule has 0 aromatic heterocycles. The van der Waals surface area contributed by atoms with Gasteiger partial charge in [-0.05, 0) is 47.0 Å². The van der Waals surface area contributed by atoms with Crippen molar-refractivity contribution in [3.8, 4) is 0 Å². The molecule has 0 atom stereocenters. The van der Waals surface area contributed by atoms with Crippen LogP contribution in [-0.4, -0.2) is 30.4 Å². The standard InChI is InChI=1S/C12H22BNO2/c1-10(2)9(7-8-14-10)13-15-11(3,4)12(5,6)16-13/h7,14H,8H2,1-6H3. The molecule has 3 nitrogen and oxygen atoms in total. The first-order valence-electron chi connectivity index (χ1n) is 5.97. The average molecular weight is 223 g/mol. The maximum atomic E-state index is 6.05. The van der Waals surface area contributed by atoms with E-state index in [1.165, 1.54) is 5.47 Å². The molecule has 0 amide bonds.